The van der Waals surface area contributed by atoms with E-state index >= 15 is 127 Å². The molecule has 632 valence electrons. The van der Waals surface area contributed by atoms with Gasteiger partial charge < -0.3 is 0 Å². The van der Waals surface area contributed by atoms with E-state index in [1.54, 1.807) is 0 Å². The summed E-state index contributed by atoms with van der Waals surface area (Å²) in [5.41, 5.74) is -41.2. The van der Waals surface area contributed by atoms with Gasteiger partial charge in [0, 0.05) is 56.5 Å². The first-order valence-electron chi connectivity index (χ1n) is 36.0. The minimum absolute atomic E-state index is 0.0317. The molecule has 0 fully saturated rings. The number of halogens is 36. The Labute approximate surface area is 643 Å². The highest BCUT2D eigenvalue weighted by molar-refractivity contribution is 6.88. The van der Waals surface area contributed by atoms with Crippen LogP contribution in [0.25, 0.3) is 44.5 Å². The standard InChI is InChI=1S/C52H8BF28.C28H43F8N/c54-9-1-5-13(33(62)29(9)58)17-21(41(70)49(78)45(74)37(17)66)25(5)53(26-6-2-10(55)30(59)34(63)14(6)18-22(26)42(71)50(79)46(75)38(18)67,27-7-3-11(56)31(60)35(64)15(7)19-23(27)43(72)51(80)47(76)39(19)68)28-8-4-12(57)32(61)36(65)16(8)20-24(28)44(73)52(81)48(77)40(20)69;1-6-10-12-21(9-4)15-16-37(18-19(5)13-14-20(8-3)11-7-2)23-17-22(29)25(30)24(26(23)31)27(32,33)28(34,35)36/h1-4,25-28H;17,19-21H,6-16,18H2,1-5H3/q-1;/p+1. The number of nitrogens with one attached hydrogen (secondary N) is 1. The van der Waals surface area contributed by atoms with Crippen molar-refractivity contribution < 1.29 is 163 Å². The van der Waals surface area contributed by atoms with E-state index in [0.717, 1.165) is 57.8 Å². The van der Waals surface area contributed by atoms with E-state index in [1.165, 1.54) is 0 Å². The monoisotopic (exact) mass is 1720 g/mol. The molecule has 8 unspecified atom stereocenters. The summed E-state index contributed by atoms with van der Waals surface area (Å²) in [5.74, 6) is -115. The first-order valence-corrected chi connectivity index (χ1v) is 36.0. The Kier molecular flexibility index (Phi) is 23.5. The number of unbranched alkanes of at least 4 members (excludes halogenated alkanes) is 1. The van der Waals surface area contributed by atoms with Crippen LogP contribution >= 0.6 is 0 Å². The van der Waals surface area contributed by atoms with Gasteiger partial charge in [-0.05, 0) is 77.6 Å². The van der Waals surface area contributed by atoms with Crippen molar-refractivity contribution >= 4 is 11.8 Å². The zero-order chi connectivity index (χ0) is 87.4. The molecule has 38 heteroatoms. The third-order valence-corrected chi connectivity index (χ3v) is 23.4. The molecule has 118 heavy (non-hydrogen) atoms. The van der Waals surface area contributed by atoms with Crippen molar-refractivity contribution in [2.45, 2.75) is 134 Å². The van der Waals surface area contributed by atoms with Crippen molar-refractivity contribution in [2.24, 2.45) is 17.8 Å². The molecule has 9 aromatic carbocycles. The molecule has 0 radical (unpaired) electrons. The molecule has 0 bridgehead atoms. The molecule has 4 aliphatic carbocycles. The molecule has 8 atom stereocenters. The van der Waals surface area contributed by atoms with Gasteiger partial charge >= 0.3 is 12.1 Å². The van der Waals surface area contributed by atoms with Crippen molar-refractivity contribution in [3.63, 3.8) is 0 Å². The van der Waals surface area contributed by atoms with Crippen molar-refractivity contribution in [3.8, 4) is 44.5 Å². The van der Waals surface area contributed by atoms with Crippen LogP contribution in [-0.2, 0) is 5.92 Å². The van der Waals surface area contributed by atoms with Gasteiger partial charge in [0.15, 0.2) is 186 Å². The van der Waals surface area contributed by atoms with Crippen LogP contribution in [-0.4, -0.2) is 25.4 Å². The normalized spacial score (nSPS) is 17.2. The van der Waals surface area contributed by atoms with E-state index in [-0.39, 0.29) is 29.8 Å². The minimum atomic E-state index is -6.62. The highest BCUT2D eigenvalue weighted by Crippen LogP contribution is 2.74. The average Bonchev–Trinajstić information content (AvgIpc) is 1.47. The second-order valence-electron chi connectivity index (χ2n) is 29.5. The summed E-state index contributed by atoms with van der Waals surface area (Å²) in [6, 6.07) is -2.04. The smallest absolute Gasteiger partial charge is 0.300 e. The zero-order valence-electron chi connectivity index (χ0n) is 60.6. The molecule has 0 saturated carbocycles. The highest BCUT2D eigenvalue weighted by Gasteiger charge is 2.67. The predicted octanol–water partition coefficient (Wildman–Crippen LogP) is 25.9. The number of rotatable bonds is 21. The summed E-state index contributed by atoms with van der Waals surface area (Å²) in [4.78, 5) is 0.265. The third kappa shape index (κ3) is 12.9. The molecule has 9 aromatic rings. The van der Waals surface area contributed by atoms with Crippen LogP contribution in [0.5, 0.6) is 0 Å². The van der Waals surface area contributed by atoms with Gasteiger partial charge in [0.05, 0.1) is 19.2 Å². The molecule has 0 aromatic heterocycles. The van der Waals surface area contributed by atoms with Crippen LogP contribution in [0, 0.1) is 198 Å². The summed E-state index contributed by atoms with van der Waals surface area (Å²) in [7, 11) is 0. The fourth-order valence-electron chi connectivity index (χ4n) is 18.4. The number of hydrogen-bond donors (Lipinski definition) is 1. The summed E-state index contributed by atoms with van der Waals surface area (Å²) >= 11 is 0. The first kappa shape index (κ1) is 87.8. The van der Waals surface area contributed by atoms with Gasteiger partial charge in [0.1, 0.15) is 5.56 Å². The predicted molar refractivity (Wildman–Crippen MR) is 351 cm³/mol. The minimum Gasteiger partial charge on any atom is -0.300 e. The lowest BCUT2D eigenvalue weighted by atomic mass is 9.01. The Balaban J connectivity index is 0.000000292. The van der Waals surface area contributed by atoms with Gasteiger partial charge in [-0.25, -0.2) is 132 Å². The number of alkyl halides is 5. The fourth-order valence-corrected chi connectivity index (χ4v) is 18.4. The number of fused-ring (bicyclic) bond motifs is 12. The van der Waals surface area contributed by atoms with E-state index < -0.39 is 346 Å². The number of benzene rings is 9. The quantitative estimate of drug-likeness (QED) is 0.0317. The second-order valence-corrected chi connectivity index (χ2v) is 29.5. The Bertz CT molecular complexity index is 5120. The second kappa shape index (κ2) is 31.6. The molecule has 1 nitrogen and oxygen atoms in total. The lowest BCUT2D eigenvalue weighted by molar-refractivity contribution is -0.838. The lowest BCUT2D eigenvalue weighted by Gasteiger charge is -2.60. The molecule has 1 N–H and O–H groups in total. The Morgan fingerprint density at radius 3 is 0.856 bits per heavy atom. The molecule has 0 saturated heterocycles. The Hall–Kier alpha value is -9.52. The molecular weight excluding hydrogens is 1670 g/mol. The molecule has 0 spiro atoms. The summed E-state index contributed by atoms with van der Waals surface area (Å²) in [5, 5.41) is 0. The van der Waals surface area contributed by atoms with Crippen molar-refractivity contribution in [3.05, 3.63) is 261 Å². The molecule has 0 heterocycles. The Morgan fingerprint density at radius 2 is 0.576 bits per heavy atom. The van der Waals surface area contributed by atoms with Crippen molar-refractivity contribution in [1.82, 2.24) is 0 Å². The van der Waals surface area contributed by atoms with Gasteiger partial charge in [0.2, 0.25) is 0 Å². The van der Waals surface area contributed by atoms with Crippen LogP contribution in [0.15, 0.2) is 30.3 Å². The molecule has 4 aliphatic rings. The maximum absolute atomic E-state index is 17.7. The van der Waals surface area contributed by atoms with Gasteiger partial charge in [-0.15, -0.1) is 23.3 Å². The maximum atomic E-state index is 17.7. The van der Waals surface area contributed by atoms with E-state index in [4.69, 9.17) is 0 Å². The summed E-state index contributed by atoms with van der Waals surface area (Å²) in [6.45, 7) is 10.6. The van der Waals surface area contributed by atoms with Gasteiger partial charge in [-0.1, -0.05) is 102 Å². The van der Waals surface area contributed by atoms with Crippen LogP contribution in [0.2, 0.25) is 0 Å². The average molecular weight is 1720 g/mol. The largest absolute Gasteiger partial charge is 0.458 e. The lowest BCUT2D eigenvalue weighted by Crippen LogP contribution is -3.08. The SMILES string of the molecule is CCCCC(CC)CC[NH+](CC(C)CCC(CC)CCC)c1cc(F)c(F)c(C(F)(F)C(F)(F)F)c1F.Fc1cc2c(c(F)c1F)-c1c(F)c(F)c(F)c(F)c1C2[B-](C1c2cc(F)c(F)c(F)c2-c2c(F)c(F)c(F)c(F)c21)(C1c2cc(F)c(F)c(F)c2-c2c(F)c(F)c(F)c(F)c21)C1c2cc(F)c(F)c(F)c2-c2c(F)c(F)c(F)c(F)c21. The third-order valence-electron chi connectivity index (χ3n) is 23.4. The van der Waals surface area contributed by atoms with E-state index in [9.17, 15) is 30.7 Å². The van der Waals surface area contributed by atoms with Crippen LogP contribution in [0.1, 0.15) is 172 Å². The van der Waals surface area contributed by atoms with E-state index in [1.807, 2.05) is 20.8 Å². The highest BCUT2D eigenvalue weighted by atomic mass is 19.4. The molecule has 0 aliphatic heterocycles. The van der Waals surface area contributed by atoms with Gasteiger partial charge in [0.25, 0.3) is 0 Å². The molecular formula is C80H52BF36N. The fraction of sp³-hybridized carbons (Fsp3) is 0.325. The number of hydrogen-bond acceptors (Lipinski definition) is 0. The van der Waals surface area contributed by atoms with E-state index in [2.05, 4.69) is 13.8 Å². The first-order chi connectivity index (χ1) is 55.2. The summed E-state index contributed by atoms with van der Waals surface area (Å²) in [6.07, 6.45) is -3.88. The van der Waals surface area contributed by atoms with E-state index in [0.29, 0.717) is 18.4 Å². The topological polar surface area (TPSA) is 4.44 Å². The summed E-state index contributed by atoms with van der Waals surface area (Å²) < 4.78 is 573. The Morgan fingerprint density at radius 1 is 0.297 bits per heavy atom. The molecule has 13 rings (SSSR count). The molecule has 0 amide bonds. The van der Waals surface area contributed by atoms with Crippen LogP contribution in [0.4, 0.5) is 164 Å². The van der Waals surface area contributed by atoms with Crippen LogP contribution < -0.4 is 4.90 Å². The van der Waals surface area contributed by atoms with Crippen molar-refractivity contribution in [1.29, 1.82) is 0 Å². The zero-order valence-corrected chi connectivity index (χ0v) is 60.6. The van der Waals surface area contributed by atoms with Crippen LogP contribution in [0.3, 0.4) is 0 Å². The van der Waals surface area contributed by atoms with Gasteiger partial charge in [-0.2, -0.15) is 26.3 Å². The van der Waals surface area contributed by atoms with Gasteiger partial charge in [-0.3, -0.25) is 4.90 Å². The number of quaternary nitrogens is 1. The van der Waals surface area contributed by atoms with Crippen molar-refractivity contribution in [2.75, 3.05) is 13.1 Å². The maximum Gasteiger partial charge on any atom is 0.458 e.